The highest BCUT2D eigenvalue weighted by molar-refractivity contribution is 6.31. The third-order valence-corrected chi connectivity index (χ3v) is 5.62. The second-order valence-corrected chi connectivity index (χ2v) is 8.28. The Morgan fingerprint density at radius 3 is 2.21 bits per heavy atom. The topological polar surface area (TPSA) is 92.3 Å². The van der Waals surface area contributed by atoms with Gasteiger partial charge >= 0.3 is 12.2 Å². The molecule has 0 aliphatic heterocycles. The average molecular weight is 541 g/mol. The van der Waals surface area contributed by atoms with Crippen molar-refractivity contribution in [2.75, 3.05) is 17.7 Å². The van der Waals surface area contributed by atoms with Gasteiger partial charge in [-0.15, -0.1) is 0 Å². The van der Waals surface area contributed by atoms with E-state index >= 15 is 0 Å². The zero-order valence-corrected chi connectivity index (χ0v) is 20.5. The summed E-state index contributed by atoms with van der Waals surface area (Å²) in [5.41, 5.74) is 0.683. The standard InChI is InChI=1S/C27H20ClF3N4O3/c1-32-25(36)24-23(16-5-3-2-4-6-16)22(13-14-33-24)38-19-10-7-17(8-11-19)34-26(37)35-18-9-12-21(28)20(15-18)27(29,30)31/h2-15H,1H3,(H,32,36)(H2,34,35,37). The molecule has 11 heteroatoms. The first kappa shape index (κ1) is 26.5. The largest absolute Gasteiger partial charge is 0.457 e. The molecule has 0 saturated carbocycles. The Hall–Kier alpha value is -4.57. The molecule has 4 rings (SSSR count). The fraction of sp³-hybridized carbons (Fsp3) is 0.0741. The van der Waals surface area contributed by atoms with Crippen molar-refractivity contribution in [3.05, 3.63) is 101 Å². The minimum absolute atomic E-state index is 0.0720. The van der Waals surface area contributed by atoms with Crippen molar-refractivity contribution < 1.29 is 27.5 Å². The van der Waals surface area contributed by atoms with Crippen molar-refractivity contribution >= 4 is 34.9 Å². The average Bonchev–Trinajstić information content (AvgIpc) is 2.90. The Morgan fingerprint density at radius 2 is 1.55 bits per heavy atom. The van der Waals surface area contributed by atoms with E-state index in [0.717, 1.165) is 17.7 Å². The predicted octanol–water partition coefficient (Wildman–Crippen LogP) is 7.22. The molecule has 0 aliphatic carbocycles. The number of pyridine rings is 1. The first-order valence-electron chi connectivity index (χ1n) is 11.1. The van der Waals surface area contributed by atoms with Crippen molar-refractivity contribution in [2.45, 2.75) is 6.18 Å². The second kappa shape index (κ2) is 11.2. The number of nitrogens with zero attached hydrogens (tertiary/aromatic N) is 1. The van der Waals surface area contributed by atoms with Gasteiger partial charge in [-0.2, -0.15) is 13.2 Å². The molecule has 0 fully saturated rings. The number of carbonyl (C=O) groups excluding carboxylic acids is 2. The summed E-state index contributed by atoms with van der Waals surface area (Å²) in [5, 5.41) is 6.99. The van der Waals surface area contributed by atoms with E-state index in [1.807, 2.05) is 30.3 Å². The zero-order chi connectivity index (χ0) is 27.3. The molecule has 0 bridgehead atoms. The number of carbonyl (C=O) groups is 2. The maximum Gasteiger partial charge on any atom is 0.417 e. The number of halogens is 4. The number of nitrogens with one attached hydrogen (secondary N) is 3. The second-order valence-electron chi connectivity index (χ2n) is 7.88. The summed E-state index contributed by atoms with van der Waals surface area (Å²) in [6, 6.07) is 19.4. The van der Waals surface area contributed by atoms with Crippen LogP contribution in [0.15, 0.2) is 85.1 Å². The van der Waals surface area contributed by atoms with Gasteiger partial charge in [0.2, 0.25) is 0 Å². The maximum atomic E-state index is 13.1. The van der Waals surface area contributed by atoms with Gasteiger partial charge in [0.05, 0.1) is 16.1 Å². The number of hydrogen-bond donors (Lipinski definition) is 3. The van der Waals surface area contributed by atoms with Crippen LogP contribution in [0.25, 0.3) is 11.1 Å². The van der Waals surface area contributed by atoms with Crippen molar-refractivity contribution in [3.8, 4) is 22.6 Å². The van der Waals surface area contributed by atoms with Crippen LogP contribution in [0.4, 0.5) is 29.3 Å². The quantitative estimate of drug-likeness (QED) is 0.241. The van der Waals surface area contributed by atoms with Gasteiger partial charge in [-0.25, -0.2) is 4.79 Å². The number of amides is 3. The number of ether oxygens (including phenoxy) is 1. The summed E-state index contributed by atoms with van der Waals surface area (Å²) in [6.45, 7) is 0. The maximum absolute atomic E-state index is 13.1. The van der Waals surface area contributed by atoms with Crippen LogP contribution in [-0.2, 0) is 6.18 Å². The smallest absolute Gasteiger partial charge is 0.417 e. The summed E-state index contributed by atoms with van der Waals surface area (Å²) >= 11 is 5.61. The lowest BCUT2D eigenvalue weighted by Crippen LogP contribution is -2.20. The Bertz CT molecular complexity index is 1460. The van der Waals surface area contributed by atoms with Crippen LogP contribution in [0, 0.1) is 0 Å². The Kier molecular flexibility index (Phi) is 7.82. The Balaban J connectivity index is 1.50. The number of anilines is 2. The van der Waals surface area contributed by atoms with Gasteiger partial charge in [0, 0.05) is 24.6 Å². The van der Waals surface area contributed by atoms with E-state index in [9.17, 15) is 22.8 Å². The molecule has 0 atom stereocenters. The van der Waals surface area contributed by atoms with Crippen molar-refractivity contribution in [1.82, 2.24) is 10.3 Å². The molecule has 0 unspecified atom stereocenters. The molecule has 1 aromatic heterocycles. The van der Waals surface area contributed by atoms with Gasteiger partial charge in [-0.3, -0.25) is 9.78 Å². The molecule has 3 aromatic carbocycles. The highest BCUT2D eigenvalue weighted by Crippen LogP contribution is 2.37. The number of urea groups is 1. The van der Waals surface area contributed by atoms with Crippen LogP contribution in [0.5, 0.6) is 11.5 Å². The lowest BCUT2D eigenvalue weighted by molar-refractivity contribution is -0.137. The normalized spacial score (nSPS) is 11.0. The molecule has 0 radical (unpaired) electrons. The minimum Gasteiger partial charge on any atom is -0.457 e. The van der Waals surface area contributed by atoms with E-state index in [1.165, 1.54) is 19.3 Å². The number of benzene rings is 3. The number of rotatable bonds is 6. The van der Waals surface area contributed by atoms with Crippen LogP contribution in [-0.4, -0.2) is 24.0 Å². The van der Waals surface area contributed by atoms with Gasteiger partial charge in [0.25, 0.3) is 5.91 Å². The minimum atomic E-state index is -4.66. The molecular weight excluding hydrogens is 521 g/mol. The van der Waals surface area contributed by atoms with E-state index in [4.69, 9.17) is 16.3 Å². The molecule has 0 saturated heterocycles. The number of aromatic nitrogens is 1. The summed E-state index contributed by atoms with van der Waals surface area (Å²) < 4.78 is 45.2. The lowest BCUT2D eigenvalue weighted by atomic mass is 10.0. The van der Waals surface area contributed by atoms with Gasteiger partial charge in [0.1, 0.15) is 17.2 Å². The summed E-state index contributed by atoms with van der Waals surface area (Å²) in [4.78, 5) is 29.0. The third-order valence-electron chi connectivity index (χ3n) is 5.29. The van der Waals surface area contributed by atoms with Crippen LogP contribution in [0.2, 0.25) is 5.02 Å². The van der Waals surface area contributed by atoms with Crippen molar-refractivity contribution in [2.24, 2.45) is 0 Å². The van der Waals surface area contributed by atoms with Gasteiger partial charge < -0.3 is 20.7 Å². The van der Waals surface area contributed by atoms with Gasteiger partial charge in [0.15, 0.2) is 0 Å². The molecule has 4 aromatic rings. The number of alkyl halides is 3. The summed E-state index contributed by atoms with van der Waals surface area (Å²) in [7, 11) is 1.51. The third kappa shape index (κ3) is 6.22. The fourth-order valence-electron chi connectivity index (χ4n) is 3.55. The predicted molar refractivity (Wildman–Crippen MR) is 139 cm³/mol. The molecule has 7 nitrogen and oxygen atoms in total. The molecule has 194 valence electrons. The zero-order valence-electron chi connectivity index (χ0n) is 19.8. The molecule has 1 heterocycles. The molecule has 3 N–H and O–H groups in total. The molecule has 0 spiro atoms. The van der Waals surface area contributed by atoms with Crippen molar-refractivity contribution in [3.63, 3.8) is 0 Å². The Morgan fingerprint density at radius 1 is 0.895 bits per heavy atom. The van der Waals surface area contributed by atoms with Gasteiger partial charge in [-0.1, -0.05) is 41.9 Å². The monoisotopic (exact) mass is 540 g/mol. The molecule has 0 aliphatic rings. The fourth-order valence-corrected chi connectivity index (χ4v) is 3.78. The highest BCUT2D eigenvalue weighted by Gasteiger charge is 2.33. The molecule has 38 heavy (non-hydrogen) atoms. The van der Waals surface area contributed by atoms with E-state index < -0.39 is 22.8 Å². The van der Waals surface area contributed by atoms with E-state index in [1.54, 1.807) is 30.3 Å². The van der Waals surface area contributed by atoms with Gasteiger partial charge in [-0.05, 0) is 54.1 Å². The van der Waals surface area contributed by atoms with E-state index in [-0.39, 0.29) is 17.3 Å². The Labute approximate surface area is 220 Å². The number of hydrogen-bond acceptors (Lipinski definition) is 4. The van der Waals surface area contributed by atoms with Crippen LogP contribution < -0.4 is 20.7 Å². The first-order valence-corrected chi connectivity index (χ1v) is 11.5. The van der Waals surface area contributed by atoms with Crippen LogP contribution in [0.3, 0.4) is 0 Å². The van der Waals surface area contributed by atoms with E-state index in [2.05, 4.69) is 20.9 Å². The van der Waals surface area contributed by atoms with Crippen molar-refractivity contribution in [1.29, 1.82) is 0 Å². The summed E-state index contributed by atoms with van der Waals surface area (Å²) in [5.74, 6) is 0.434. The van der Waals surface area contributed by atoms with Crippen LogP contribution in [0.1, 0.15) is 16.1 Å². The first-order chi connectivity index (χ1) is 18.2. The summed E-state index contributed by atoms with van der Waals surface area (Å²) in [6.07, 6.45) is -3.19. The lowest BCUT2D eigenvalue weighted by Gasteiger charge is -2.15. The van der Waals surface area contributed by atoms with E-state index in [0.29, 0.717) is 22.7 Å². The SMILES string of the molecule is CNC(=O)c1nccc(Oc2ccc(NC(=O)Nc3ccc(Cl)c(C(F)(F)F)c3)cc2)c1-c1ccccc1. The highest BCUT2D eigenvalue weighted by atomic mass is 35.5. The molecule has 3 amide bonds. The molecular formula is C27H20ClF3N4O3. The van der Waals surface area contributed by atoms with Crippen LogP contribution >= 0.6 is 11.6 Å².